The van der Waals surface area contributed by atoms with Crippen molar-refractivity contribution in [1.82, 2.24) is 0 Å². The molecule has 2 rings (SSSR count). The summed E-state index contributed by atoms with van der Waals surface area (Å²) < 4.78 is 11.4. The molecule has 0 saturated heterocycles. The summed E-state index contributed by atoms with van der Waals surface area (Å²) in [5, 5.41) is 0. The van der Waals surface area contributed by atoms with E-state index < -0.39 is 11.6 Å². The zero-order chi connectivity index (χ0) is 16.0. The second kappa shape index (κ2) is 7.20. The first-order chi connectivity index (χ1) is 10.6. The number of carbonyl (C=O) groups excluding carboxylic acids is 1. The van der Waals surface area contributed by atoms with Crippen molar-refractivity contribution in [2.45, 2.75) is 12.5 Å². The van der Waals surface area contributed by atoms with Gasteiger partial charge in [-0.3, -0.25) is 0 Å². The van der Waals surface area contributed by atoms with E-state index in [4.69, 9.17) is 9.16 Å². The fourth-order valence-corrected chi connectivity index (χ4v) is 2.92. The van der Waals surface area contributed by atoms with E-state index in [1.54, 1.807) is 6.92 Å². The Kier molecular flexibility index (Phi) is 5.30. The molecule has 2 aromatic rings. The van der Waals surface area contributed by atoms with Gasteiger partial charge < -0.3 is 9.16 Å². The summed E-state index contributed by atoms with van der Waals surface area (Å²) >= 11 is 0. The molecule has 114 valence electrons. The Morgan fingerprint density at radius 3 is 1.86 bits per heavy atom. The molecule has 0 saturated carbocycles. The van der Waals surface area contributed by atoms with Crippen molar-refractivity contribution in [2.75, 3.05) is 6.61 Å². The Labute approximate surface area is 134 Å². The van der Waals surface area contributed by atoms with Gasteiger partial charge in [0.05, 0.1) is 0 Å². The van der Waals surface area contributed by atoms with E-state index in [-0.39, 0.29) is 6.61 Å². The summed E-state index contributed by atoms with van der Waals surface area (Å²) in [4.78, 5) is 11.8. The lowest BCUT2D eigenvalue weighted by Gasteiger charge is -2.33. The molecule has 0 amide bonds. The minimum atomic E-state index is -0.778. The van der Waals surface area contributed by atoms with Crippen LogP contribution in [0.25, 0.3) is 0 Å². The number of benzene rings is 2. The quantitative estimate of drug-likeness (QED) is 0.467. The van der Waals surface area contributed by atoms with Crippen LogP contribution in [0.15, 0.2) is 72.8 Å². The number of hydrogen-bond donors (Lipinski definition) is 0. The molecule has 0 heterocycles. The normalized spacial score (nSPS) is 11.1. The zero-order valence-electron chi connectivity index (χ0n) is 12.9. The van der Waals surface area contributed by atoms with Crippen LogP contribution in [0.3, 0.4) is 0 Å². The van der Waals surface area contributed by atoms with Gasteiger partial charge in [0.25, 0.3) is 0 Å². The summed E-state index contributed by atoms with van der Waals surface area (Å²) in [5.41, 5.74) is 1.53. The monoisotopic (exact) mass is 312 g/mol. The smallest absolute Gasteiger partial charge is 0.333 e. The summed E-state index contributed by atoms with van der Waals surface area (Å²) in [6.07, 6.45) is 0. The fourth-order valence-electron chi connectivity index (χ4n) is 2.33. The molecule has 0 aliphatic heterocycles. The van der Waals surface area contributed by atoms with E-state index in [9.17, 15) is 4.79 Å². The van der Waals surface area contributed by atoms with Crippen molar-refractivity contribution in [2.24, 2.45) is 0 Å². The molecule has 2 aromatic carbocycles. The van der Waals surface area contributed by atoms with Crippen molar-refractivity contribution in [3.05, 3.63) is 83.9 Å². The van der Waals surface area contributed by atoms with E-state index >= 15 is 0 Å². The van der Waals surface area contributed by atoms with E-state index in [2.05, 4.69) is 6.58 Å². The molecule has 0 radical (unpaired) electrons. The van der Waals surface area contributed by atoms with E-state index in [0.717, 1.165) is 11.1 Å². The highest BCUT2D eigenvalue weighted by Gasteiger charge is 2.35. The highest BCUT2D eigenvalue weighted by atomic mass is 28.2. The van der Waals surface area contributed by atoms with E-state index in [1.165, 1.54) is 0 Å². The molecule has 0 spiro atoms. The second-order valence-electron chi connectivity index (χ2n) is 5.12. The van der Waals surface area contributed by atoms with Crippen molar-refractivity contribution in [1.29, 1.82) is 0 Å². The highest BCUT2D eigenvalue weighted by Crippen LogP contribution is 2.33. The van der Waals surface area contributed by atoms with Crippen LogP contribution in [-0.2, 0) is 19.6 Å². The summed E-state index contributed by atoms with van der Waals surface area (Å²) in [6.45, 7) is 5.38. The molecule has 0 atom stereocenters. The van der Waals surface area contributed by atoms with Crippen molar-refractivity contribution < 1.29 is 14.0 Å². The molecule has 0 bridgehead atoms. The average Bonchev–Trinajstić information content (AvgIpc) is 2.57. The number of rotatable bonds is 6. The summed E-state index contributed by atoms with van der Waals surface area (Å²) in [7, 11) is 0.508. The lowest BCUT2D eigenvalue weighted by atomic mass is 9.87. The van der Waals surface area contributed by atoms with E-state index in [0.29, 0.717) is 16.1 Å². The van der Waals surface area contributed by atoms with Gasteiger partial charge in [-0.05, 0) is 18.1 Å². The Morgan fingerprint density at radius 2 is 1.50 bits per heavy atom. The first-order valence-corrected chi connectivity index (χ1v) is 7.90. The molecule has 3 nitrogen and oxygen atoms in total. The van der Waals surface area contributed by atoms with Gasteiger partial charge in [0.15, 0.2) is 0 Å². The molecule has 4 heteroatoms. The maximum atomic E-state index is 11.8. The number of carbonyl (C=O) groups is 1. The fraction of sp³-hybridized carbons (Fsp3) is 0.167. The third-order valence-corrected chi connectivity index (χ3v) is 4.28. The highest BCUT2D eigenvalue weighted by molar-refractivity contribution is 5.98. The standard InChI is InChI=1S/C18H20O3Si/c1-14(2)17(19)20-13-18(21-22,15-9-5-3-6-10-15)16-11-7-4-8-12-16/h3-12H,1,13H2,2,22H3. The van der Waals surface area contributed by atoms with Crippen LogP contribution >= 0.6 is 0 Å². The molecule has 22 heavy (non-hydrogen) atoms. The van der Waals surface area contributed by atoms with Gasteiger partial charge in [0.1, 0.15) is 22.7 Å². The number of ether oxygens (including phenoxy) is 1. The minimum absolute atomic E-state index is 0.121. The van der Waals surface area contributed by atoms with Gasteiger partial charge >= 0.3 is 5.97 Å². The summed E-state index contributed by atoms with van der Waals surface area (Å²) in [5.74, 6) is -0.407. The maximum absolute atomic E-state index is 11.8. The minimum Gasteiger partial charge on any atom is -0.459 e. The predicted molar refractivity (Wildman–Crippen MR) is 90.5 cm³/mol. The van der Waals surface area contributed by atoms with Crippen molar-refractivity contribution in [3.63, 3.8) is 0 Å². The molecular formula is C18H20O3Si. The zero-order valence-corrected chi connectivity index (χ0v) is 14.9. The molecule has 0 N–H and O–H groups in total. The van der Waals surface area contributed by atoms with Crippen molar-refractivity contribution in [3.8, 4) is 0 Å². The van der Waals surface area contributed by atoms with Crippen LogP contribution in [-0.4, -0.2) is 23.1 Å². The van der Waals surface area contributed by atoms with E-state index in [1.807, 2.05) is 60.7 Å². The number of esters is 1. The SMILES string of the molecule is C=C(C)C(=O)OCC(O[SiH3])(c1ccccc1)c1ccccc1. The lowest BCUT2D eigenvalue weighted by molar-refractivity contribution is -0.143. The third-order valence-electron chi connectivity index (χ3n) is 3.58. The second-order valence-corrected chi connectivity index (χ2v) is 5.53. The van der Waals surface area contributed by atoms with Gasteiger partial charge in [-0.1, -0.05) is 67.2 Å². The average molecular weight is 312 g/mol. The Balaban J connectivity index is 2.44. The lowest BCUT2D eigenvalue weighted by Crippen LogP contribution is -2.37. The molecule has 0 fully saturated rings. The maximum Gasteiger partial charge on any atom is 0.333 e. The first kappa shape index (κ1) is 16.2. The molecule has 0 aliphatic rings. The van der Waals surface area contributed by atoms with Crippen LogP contribution in [0.1, 0.15) is 18.1 Å². The van der Waals surface area contributed by atoms with Crippen molar-refractivity contribution >= 4 is 16.5 Å². The van der Waals surface area contributed by atoms with Gasteiger partial charge in [-0.15, -0.1) is 0 Å². The van der Waals surface area contributed by atoms with Gasteiger partial charge in [-0.25, -0.2) is 4.79 Å². The Hall–Kier alpha value is -2.17. The number of hydrogen-bond acceptors (Lipinski definition) is 3. The first-order valence-electron chi connectivity index (χ1n) is 7.09. The van der Waals surface area contributed by atoms with Crippen LogP contribution in [0.5, 0.6) is 0 Å². The van der Waals surface area contributed by atoms with Gasteiger partial charge in [0.2, 0.25) is 0 Å². The Morgan fingerprint density at radius 1 is 1.05 bits per heavy atom. The summed E-state index contributed by atoms with van der Waals surface area (Å²) in [6, 6.07) is 19.7. The third kappa shape index (κ3) is 3.35. The topological polar surface area (TPSA) is 35.5 Å². The van der Waals surface area contributed by atoms with Crippen LogP contribution in [0, 0.1) is 0 Å². The molecule has 0 aromatic heterocycles. The Bertz CT molecular complexity index is 598. The predicted octanol–water partition coefficient (Wildman–Crippen LogP) is 2.35. The molecule has 0 unspecified atom stereocenters. The largest absolute Gasteiger partial charge is 0.459 e. The van der Waals surface area contributed by atoms with Crippen LogP contribution in [0.2, 0.25) is 0 Å². The molecular weight excluding hydrogens is 292 g/mol. The van der Waals surface area contributed by atoms with Gasteiger partial charge in [0, 0.05) is 5.57 Å². The van der Waals surface area contributed by atoms with Crippen LogP contribution in [0.4, 0.5) is 0 Å². The van der Waals surface area contributed by atoms with Gasteiger partial charge in [-0.2, -0.15) is 0 Å². The van der Waals surface area contributed by atoms with Crippen LogP contribution < -0.4 is 0 Å². The molecule has 0 aliphatic carbocycles.